The quantitative estimate of drug-likeness (QED) is 0.777. The molecule has 1 aliphatic carbocycles. The van der Waals surface area contributed by atoms with Crippen LogP contribution in [0.2, 0.25) is 10.0 Å². The molecule has 0 atom stereocenters. The maximum Gasteiger partial charge on any atom is 0.158 e. The average Bonchev–Trinajstić information content (AvgIpc) is 2.80. The van der Waals surface area contributed by atoms with E-state index in [9.17, 15) is 0 Å². The van der Waals surface area contributed by atoms with Gasteiger partial charge in [-0.15, -0.1) is 0 Å². The Labute approximate surface area is 141 Å². The van der Waals surface area contributed by atoms with E-state index in [1.54, 1.807) is 6.07 Å². The molecule has 0 saturated heterocycles. The van der Waals surface area contributed by atoms with Crippen molar-refractivity contribution in [3.8, 4) is 11.3 Å². The lowest BCUT2D eigenvalue weighted by Gasteiger charge is -2.11. The number of quaternary nitrogens is 1. The van der Waals surface area contributed by atoms with E-state index in [0.29, 0.717) is 10.0 Å². The molecule has 0 unspecified atom stereocenters. The predicted octanol–water partition coefficient (Wildman–Crippen LogP) is 5.04. The number of benzene rings is 1. The lowest BCUT2D eigenvalue weighted by atomic mass is 10.1. The summed E-state index contributed by atoms with van der Waals surface area (Å²) in [6.07, 6.45) is 8.18. The number of furan rings is 1. The maximum absolute atomic E-state index is 6.05. The van der Waals surface area contributed by atoms with Crippen molar-refractivity contribution in [1.82, 2.24) is 0 Å². The van der Waals surface area contributed by atoms with Crippen molar-refractivity contribution in [2.45, 2.75) is 51.1 Å². The van der Waals surface area contributed by atoms with Gasteiger partial charge in [0.15, 0.2) is 5.76 Å². The number of halogens is 2. The number of hydrogen-bond donors (Lipinski definition) is 1. The van der Waals surface area contributed by atoms with Crippen molar-refractivity contribution in [2.75, 3.05) is 0 Å². The summed E-state index contributed by atoms with van der Waals surface area (Å²) < 4.78 is 5.95. The Balaban J connectivity index is 1.63. The molecule has 1 saturated carbocycles. The largest absolute Gasteiger partial charge is 0.455 e. The highest BCUT2D eigenvalue weighted by molar-refractivity contribution is 6.35. The summed E-state index contributed by atoms with van der Waals surface area (Å²) in [7, 11) is 0. The first-order chi connectivity index (χ1) is 10.7. The van der Waals surface area contributed by atoms with Crippen LogP contribution in [0.25, 0.3) is 11.3 Å². The highest BCUT2D eigenvalue weighted by Gasteiger charge is 2.16. The summed E-state index contributed by atoms with van der Waals surface area (Å²) in [4.78, 5) is 0. The van der Waals surface area contributed by atoms with E-state index in [0.717, 1.165) is 29.7 Å². The van der Waals surface area contributed by atoms with Crippen molar-refractivity contribution < 1.29 is 9.73 Å². The minimum absolute atomic E-state index is 0.630. The smallest absolute Gasteiger partial charge is 0.158 e. The molecule has 0 aliphatic heterocycles. The molecule has 1 aliphatic rings. The Morgan fingerprint density at radius 2 is 1.64 bits per heavy atom. The standard InChI is InChI=1S/C18H21Cl2NO/c19-14-9-13(10-15(20)11-14)18-8-7-17(22-18)12-21-16-5-3-1-2-4-6-16/h7-11,16,21H,1-6,12H2/p+1. The average molecular weight is 339 g/mol. The topological polar surface area (TPSA) is 29.8 Å². The van der Waals surface area contributed by atoms with Crippen LogP contribution in [0.5, 0.6) is 0 Å². The molecule has 2 aromatic rings. The maximum atomic E-state index is 6.05. The molecule has 4 heteroatoms. The molecule has 0 radical (unpaired) electrons. The minimum atomic E-state index is 0.630. The second kappa shape index (κ2) is 7.54. The van der Waals surface area contributed by atoms with Crippen molar-refractivity contribution in [3.05, 3.63) is 46.1 Å². The third kappa shape index (κ3) is 4.28. The van der Waals surface area contributed by atoms with Crippen molar-refractivity contribution >= 4 is 23.2 Å². The lowest BCUT2D eigenvalue weighted by Crippen LogP contribution is -2.88. The van der Waals surface area contributed by atoms with Crippen LogP contribution in [-0.4, -0.2) is 6.04 Å². The molecule has 1 aromatic heterocycles. The molecule has 1 aromatic carbocycles. The molecule has 0 amide bonds. The van der Waals surface area contributed by atoms with Gasteiger partial charge in [-0.2, -0.15) is 0 Å². The van der Waals surface area contributed by atoms with Crippen LogP contribution in [-0.2, 0) is 6.54 Å². The van der Waals surface area contributed by atoms with Gasteiger partial charge in [-0.05, 0) is 56.0 Å². The van der Waals surface area contributed by atoms with E-state index in [1.807, 2.05) is 18.2 Å². The third-order valence-electron chi connectivity index (χ3n) is 4.36. The Bertz CT molecular complexity index is 595. The summed E-state index contributed by atoms with van der Waals surface area (Å²) in [5.74, 6) is 1.84. The highest BCUT2D eigenvalue weighted by Crippen LogP contribution is 2.28. The van der Waals surface area contributed by atoms with E-state index < -0.39 is 0 Å². The zero-order valence-electron chi connectivity index (χ0n) is 12.7. The first kappa shape index (κ1) is 15.9. The second-order valence-electron chi connectivity index (χ2n) is 6.12. The van der Waals surface area contributed by atoms with Crippen LogP contribution in [0, 0.1) is 0 Å². The fourth-order valence-electron chi connectivity index (χ4n) is 3.17. The Kier molecular flexibility index (Phi) is 5.46. The molecule has 2 nitrogen and oxygen atoms in total. The van der Waals surface area contributed by atoms with Gasteiger partial charge in [0.1, 0.15) is 12.3 Å². The summed E-state index contributed by atoms with van der Waals surface area (Å²) in [6, 6.07) is 10.3. The highest BCUT2D eigenvalue weighted by atomic mass is 35.5. The molecule has 1 heterocycles. The van der Waals surface area contributed by atoms with Gasteiger partial charge >= 0.3 is 0 Å². The van der Waals surface area contributed by atoms with Crippen LogP contribution in [0.15, 0.2) is 34.7 Å². The van der Waals surface area contributed by atoms with Gasteiger partial charge in [-0.3, -0.25) is 0 Å². The fraction of sp³-hybridized carbons (Fsp3) is 0.444. The number of nitrogens with two attached hydrogens (primary N) is 1. The van der Waals surface area contributed by atoms with E-state index in [2.05, 4.69) is 11.4 Å². The van der Waals surface area contributed by atoms with Crippen molar-refractivity contribution in [3.63, 3.8) is 0 Å². The van der Waals surface area contributed by atoms with E-state index in [-0.39, 0.29) is 0 Å². The van der Waals surface area contributed by atoms with Crippen molar-refractivity contribution in [1.29, 1.82) is 0 Å². The number of hydrogen-bond acceptors (Lipinski definition) is 1. The van der Waals surface area contributed by atoms with Gasteiger partial charge in [0.05, 0.1) is 6.04 Å². The molecule has 2 N–H and O–H groups in total. The molecule has 1 fully saturated rings. The SMILES string of the molecule is Clc1cc(Cl)cc(-c2ccc(C[NH2+]C3CCCCCC3)o2)c1. The van der Waals surface area contributed by atoms with Gasteiger partial charge in [0.25, 0.3) is 0 Å². The normalized spacial score (nSPS) is 16.6. The van der Waals surface area contributed by atoms with E-state index in [4.69, 9.17) is 27.6 Å². The molecule has 0 spiro atoms. The molecular formula is C18H22Cl2NO+. The Morgan fingerprint density at radius 1 is 0.955 bits per heavy atom. The summed E-state index contributed by atoms with van der Waals surface area (Å²) in [5, 5.41) is 3.69. The molecule has 0 bridgehead atoms. The van der Waals surface area contributed by atoms with Crippen LogP contribution in [0.3, 0.4) is 0 Å². The van der Waals surface area contributed by atoms with E-state index >= 15 is 0 Å². The Hall–Kier alpha value is -0.960. The van der Waals surface area contributed by atoms with Gasteiger partial charge in [0, 0.05) is 15.6 Å². The monoisotopic (exact) mass is 338 g/mol. The summed E-state index contributed by atoms with van der Waals surface area (Å²) in [6.45, 7) is 0.902. The predicted molar refractivity (Wildman–Crippen MR) is 91.3 cm³/mol. The van der Waals surface area contributed by atoms with Gasteiger partial charge in [-0.25, -0.2) is 0 Å². The summed E-state index contributed by atoms with van der Waals surface area (Å²) in [5.41, 5.74) is 0.929. The van der Waals surface area contributed by atoms with Gasteiger partial charge in [0.2, 0.25) is 0 Å². The first-order valence-corrected chi connectivity index (χ1v) is 8.85. The first-order valence-electron chi connectivity index (χ1n) is 8.09. The zero-order valence-corrected chi connectivity index (χ0v) is 14.2. The van der Waals surface area contributed by atoms with Crippen LogP contribution < -0.4 is 5.32 Å². The van der Waals surface area contributed by atoms with Crippen molar-refractivity contribution in [2.24, 2.45) is 0 Å². The third-order valence-corrected chi connectivity index (χ3v) is 4.80. The molecule has 118 valence electrons. The molecule has 3 rings (SSSR count). The molecule has 22 heavy (non-hydrogen) atoms. The zero-order chi connectivity index (χ0) is 15.4. The molecular weight excluding hydrogens is 317 g/mol. The summed E-state index contributed by atoms with van der Waals surface area (Å²) >= 11 is 12.1. The van der Waals surface area contributed by atoms with Crippen LogP contribution >= 0.6 is 23.2 Å². The van der Waals surface area contributed by atoms with E-state index in [1.165, 1.54) is 38.5 Å². The second-order valence-corrected chi connectivity index (χ2v) is 6.99. The minimum Gasteiger partial charge on any atom is -0.455 e. The lowest BCUT2D eigenvalue weighted by molar-refractivity contribution is -0.707. The number of rotatable bonds is 4. The Morgan fingerprint density at radius 3 is 2.32 bits per heavy atom. The fourth-order valence-corrected chi connectivity index (χ4v) is 3.69. The van der Waals surface area contributed by atoms with Crippen LogP contribution in [0.1, 0.15) is 44.3 Å². The van der Waals surface area contributed by atoms with Gasteiger partial charge in [-0.1, -0.05) is 36.0 Å². The van der Waals surface area contributed by atoms with Crippen LogP contribution in [0.4, 0.5) is 0 Å². The van der Waals surface area contributed by atoms with Gasteiger partial charge < -0.3 is 9.73 Å².